The average molecular weight is 267 g/mol. The minimum Gasteiger partial charge on any atom is -0.366 e. The van der Waals surface area contributed by atoms with Crippen molar-refractivity contribution in [3.05, 3.63) is 34.3 Å². The van der Waals surface area contributed by atoms with Crippen molar-refractivity contribution >= 4 is 17.5 Å². The van der Waals surface area contributed by atoms with Crippen molar-refractivity contribution in [1.82, 2.24) is 5.32 Å². The number of hydrogen-bond acceptors (Lipinski definition) is 2. The fraction of sp³-hybridized carbons (Fsp3) is 0.500. The molecule has 1 fully saturated rings. The van der Waals surface area contributed by atoms with Crippen LogP contribution in [-0.2, 0) is 6.54 Å². The summed E-state index contributed by atoms with van der Waals surface area (Å²) in [5, 5.41) is 4.03. The topological polar surface area (TPSA) is 55.1 Å². The Balaban J connectivity index is 1.87. The normalized spacial score (nSPS) is 16.1. The Kier molecular flexibility index (Phi) is 4.61. The van der Waals surface area contributed by atoms with Gasteiger partial charge in [0.05, 0.1) is 0 Å². The average Bonchev–Trinajstić information content (AvgIpc) is 2.84. The summed E-state index contributed by atoms with van der Waals surface area (Å²) in [6.45, 7) is 1.79. The molecule has 0 atom stereocenters. The van der Waals surface area contributed by atoms with Crippen LogP contribution in [0.3, 0.4) is 0 Å². The molecule has 1 aliphatic rings. The quantitative estimate of drug-likeness (QED) is 0.861. The van der Waals surface area contributed by atoms with Crippen LogP contribution in [0.25, 0.3) is 0 Å². The zero-order chi connectivity index (χ0) is 13.0. The zero-order valence-electron chi connectivity index (χ0n) is 10.4. The number of carbonyl (C=O) groups excluding carboxylic acids is 1. The first kappa shape index (κ1) is 13.4. The van der Waals surface area contributed by atoms with E-state index in [1.54, 1.807) is 12.1 Å². The third-order valence-corrected chi connectivity index (χ3v) is 3.91. The van der Waals surface area contributed by atoms with Crippen molar-refractivity contribution in [2.24, 2.45) is 11.7 Å². The number of carbonyl (C=O) groups is 1. The largest absolute Gasteiger partial charge is 0.366 e. The van der Waals surface area contributed by atoms with Gasteiger partial charge in [0.15, 0.2) is 0 Å². The standard InChI is InChI=1S/C14H19ClN2O/c15-13-7-11(14(16)18)5-6-12(13)9-17-8-10-3-1-2-4-10/h5-7,10,17H,1-4,8-9H2,(H2,16,18). The van der Waals surface area contributed by atoms with Crippen molar-refractivity contribution in [2.75, 3.05) is 6.54 Å². The summed E-state index contributed by atoms with van der Waals surface area (Å²) in [6.07, 6.45) is 5.39. The highest BCUT2D eigenvalue weighted by atomic mass is 35.5. The van der Waals surface area contributed by atoms with Gasteiger partial charge in [0.25, 0.3) is 0 Å². The van der Waals surface area contributed by atoms with E-state index in [1.807, 2.05) is 6.07 Å². The lowest BCUT2D eigenvalue weighted by Gasteiger charge is -2.11. The molecule has 0 radical (unpaired) electrons. The third kappa shape index (κ3) is 3.47. The minimum absolute atomic E-state index is 0.442. The van der Waals surface area contributed by atoms with Gasteiger partial charge in [-0.15, -0.1) is 0 Å². The van der Waals surface area contributed by atoms with Gasteiger partial charge in [-0.05, 0) is 43.0 Å². The Morgan fingerprint density at radius 1 is 1.39 bits per heavy atom. The minimum atomic E-state index is -0.442. The molecular weight excluding hydrogens is 248 g/mol. The molecule has 18 heavy (non-hydrogen) atoms. The Labute approximate surface area is 113 Å². The van der Waals surface area contributed by atoms with Gasteiger partial charge in [0.1, 0.15) is 0 Å². The van der Waals surface area contributed by atoms with Crippen LogP contribution < -0.4 is 11.1 Å². The first-order valence-electron chi connectivity index (χ1n) is 6.46. The summed E-state index contributed by atoms with van der Waals surface area (Å²) in [6, 6.07) is 5.22. The SMILES string of the molecule is NC(=O)c1ccc(CNCC2CCCC2)c(Cl)c1. The number of halogens is 1. The van der Waals surface area contributed by atoms with Gasteiger partial charge in [-0.3, -0.25) is 4.79 Å². The van der Waals surface area contributed by atoms with E-state index in [-0.39, 0.29) is 0 Å². The second-order valence-corrected chi connectivity index (χ2v) is 5.36. The van der Waals surface area contributed by atoms with E-state index in [2.05, 4.69) is 5.32 Å². The van der Waals surface area contributed by atoms with E-state index in [9.17, 15) is 4.79 Å². The lowest BCUT2D eigenvalue weighted by Crippen LogP contribution is -2.21. The predicted octanol–water partition coefficient (Wildman–Crippen LogP) is 2.72. The van der Waals surface area contributed by atoms with E-state index in [4.69, 9.17) is 17.3 Å². The summed E-state index contributed by atoms with van der Waals surface area (Å²) < 4.78 is 0. The fourth-order valence-corrected chi connectivity index (χ4v) is 2.72. The van der Waals surface area contributed by atoms with E-state index < -0.39 is 5.91 Å². The van der Waals surface area contributed by atoms with Crippen molar-refractivity contribution in [1.29, 1.82) is 0 Å². The fourth-order valence-electron chi connectivity index (χ4n) is 2.47. The Hall–Kier alpha value is -1.06. The van der Waals surface area contributed by atoms with Crippen molar-refractivity contribution < 1.29 is 4.79 Å². The number of rotatable bonds is 5. The molecule has 1 aromatic carbocycles. The Morgan fingerprint density at radius 2 is 2.11 bits per heavy atom. The molecule has 0 spiro atoms. The molecule has 0 heterocycles. The maximum absolute atomic E-state index is 11.0. The second-order valence-electron chi connectivity index (χ2n) is 4.95. The van der Waals surface area contributed by atoms with Crippen LogP contribution >= 0.6 is 11.6 Å². The zero-order valence-corrected chi connectivity index (χ0v) is 11.2. The third-order valence-electron chi connectivity index (χ3n) is 3.56. The van der Waals surface area contributed by atoms with Gasteiger partial charge in [-0.2, -0.15) is 0 Å². The van der Waals surface area contributed by atoms with Crippen molar-refractivity contribution in [3.63, 3.8) is 0 Å². The first-order valence-corrected chi connectivity index (χ1v) is 6.83. The van der Waals surface area contributed by atoms with Crippen LogP contribution in [0, 0.1) is 5.92 Å². The molecule has 0 saturated heterocycles. The lowest BCUT2D eigenvalue weighted by molar-refractivity contribution is 0.100. The summed E-state index contributed by atoms with van der Waals surface area (Å²) >= 11 is 6.12. The molecule has 0 unspecified atom stereocenters. The maximum atomic E-state index is 11.0. The number of hydrogen-bond donors (Lipinski definition) is 2. The molecule has 1 aromatic rings. The molecular formula is C14H19ClN2O. The van der Waals surface area contributed by atoms with E-state index in [0.717, 1.165) is 24.6 Å². The van der Waals surface area contributed by atoms with Gasteiger partial charge < -0.3 is 11.1 Å². The van der Waals surface area contributed by atoms with Crippen LogP contribution in [0.5, 0.6) is 0 Å². The van der Waals surface area contributed by atoms with Crippen LogP contribution in [0.15, 0.2) is 18.2 Å². The van der Waals surface area contributed by atoms with Crippen LogP contribution in [0.2, 0.25) is 5.02 Å². The molecule has 0 aromatic heterocycles. The monoisotopic (exact) mass is 266 g/mol. The number of benzene rings is 1. The van der Waals surface area contributed by atoms with E-state index >= 15 is 0 Å². The van der Waals surface area contributed by atoms with Crippen LogP contribution in [-0.4, -0.2) is 12.5 Å². The van der Waals surface area contributed by atoms with Gasteiger partial charge in [0, 0.05) is 17.1 Å². The van der Waals surface area contributed by atoms with Gasteiger partial charge in [0.2, 0.25) is 5.91 Å². The molecule has 3 nitrogen and oxygen atoms in total. The maximum Gasteiger partial charge on any atom is 0.248 e. The van der Waals surface area contributed by atoms with Gasteiger partial charge in [-0.25, -0.2) is 0 Å². The van der Waals surface area contributed by atoms with Crippen molar-refractivity contribution in [3.8, 4) is 0 Å². The highest BCUT2D eigenvalue weighted by molar-refractivity contribution is 6.31. The van der Waals surface area contributed by atoms with Gasteiger partial charge >= 0.3 is 0 Å². The molecule has 3 N–H and O–H groups in total. The first-order chi connectivity index (χ1) is 8.66. The molecule has 1 saturated carbocycles. The second kappa shape index (κ2) is 6.21. The molecule has 0 aliphatic heterocycles. The summed E-state index contributed by atoms with van der Waals surface area (Å²) in [4.78, 5) is 11.0. The molecule has 98 valence electrons. The van der Waals surface area contributed by atoms with Crippen molar-refractivity contribution in [2.45, 2.75) is 32.2 Å². The molecule has 1 aliphatic carbocycles. The van der Waals surface area contributed by atoms with E-state index in [1.165, 1.54) is 25.7 Å². The van der Waals surface area contributed by atoms with Gasteiger partial charge in [-0.1, -0.05) is 30.5 Å². The number of amides is 1. The number of nitrogens with one attached hydrogen (secondary N) is 1. The smallest absolute Gasteiger partial charge is 0.248 e. The summed E-state index contributed by atoms with van der Waals surface area (Å²) in [5.74, 6) is 0.371. The van der Waals surface area contributed by atoms with E-state index in [0.29, 0.717) is 10.6 Å². The molecule has 1 amide bonds. The number of nitrogens with two attached hydrogens (primary N) is 1. The predicted molar refractivity (Wildman–Crippen MR) is 73.6 cm³/mol. The lowest BCUT2D eigenvalue weighted by atomic mass is 10.1. The highest BCUT2D eigenvalue weighted by Gasteiger charge is 2.14. The molecule has 2 rings (SSSR count). The molecule has 4 heteroatoms. The number of primary amides is 1. The highest BCUT2D eigenvalue weighted by Crippen LogP contribution is 2.24. The Morgan fingerprint density at radius 3 is 2.72 bits per heavy atom. The summed E-state index contributed by atoms with van der Waals surface area (Å²) in [5.41, 5.74) is 6.67. The molecule has 0 bridgehead atoms. The Bertz CT molecular complexity index is 428. The van der Waals surface area contributed by atoms with Crippen LogP contribution in [0.4, 0.5) is 0 Å². The van der Waals surface area contributed by atoms with Crippen LogP contribution in [0.1, 0.15) is 41.6 Å². The summed E-state index contributed by atoms with van der Waals surface area (Å²) in [7, 11) is 0.